The van der Waals surface area contributed by atoms with Gasteiger partial charge in [0.1, 0.15) is 5.82 Å². The topological polar surface area (TPSA) is 46.2 Å². The van der Waals surface area contributed by atoms with Gasteiger partial charge in [-0.2, -0.15) is 0 Å². The van der Waals surface area contributed by atoms with E-state index < -0.39 is 15.8 Å². The first-order valence-electron chi connectivity index (χ1n) is 6.82. The van der Waals surface area contributed by atoms with Crippen LogP contribution >= 0.6 is 15.9 Å². The summed E-state index contributed by atoms with van der Waals surface area (Å²) < 4.78 is 40.9. The Kier molecular flexibility index (Phi) is 4.87. The highest BCUT2D eigenvalue weighted by Crippen LogP contribution is 2.35. The van der Waals surface area contributed by atoms with E-state index in [2.05, 4.69) is 34.5 Å². The minimum Gasteiger partial charge on any atom is -0.208 e. The van der Waals surface area contributed by atoms with Crippen LogP contribution in [0.25, 0.3) is 0 Å². The molecule has 3 unspecified atom stereocenters. The van der Waals surface area contributed by atoms with Gasteiger partial charge < -0.3 is 0 Å². The summed E-state index contributed by atoms with van der Waals surface area (Å²) in [5.41, 5.74) is 0. The van der Waals surface area contributed by atoms with Crippen molar-refractivity contribution in [2.75, 3.05) is 0 Å². The fourth-order valence-corrected chi connectivity index (χ4v) is 5.36. The molecule has 20 heavy (non-hydrogen) atoms. The van der Waals surface area contributed by atoms with Gasteiger partial charge in [0.25, 0.3) is 0 Å². The van der Waals surface area contributed by atoms with Crippen LogP contribution in [0.3, 0.4) is 0 Å². The molecule has 112 valence electrons. The fraction of sp³-hybridized carbons (Fsp3) is 0.571. The van der Waals surface area contributed by atoms with E-state index in [9.17, 15) is 12.8 Å². The Hall–Kier alpha value is -0.460. The number of hydrogen-bond donors (Lipinski definition) is 1. The van der Waals surface area contributed by atoms with Crippen molar-refractivity contribution >= 4 is 26.0 Å². The molecule has 0 saturated heterocycles. The van der Waals surface area contributed by atoms with Gasteiger partial charge in [0.2, 0.25) is 10.0 Å². The molecule has 0 radical (unpaired) electrons. The molecule has 3 atom stereocenters. The van der Waals surface area contributed by atoms with Gasteiger partial charge >= 0.3 is 0 Å². The highest BCUT2D eigenvalue weighted by molar-refractivity contribution is 9.10. The lowest BCUT2D eigenvalue weighted by molar-refractivity contribution is 0.368. The summed E-state index contributed by atoms with van der Waals surface area (Å²) in [4.78, 5) is 0.0889. The Balaban J connectivity index is 2.20. The number of halogens is 2. The molecule has 6 heteroatoms. The zero-order chi connectivity index (χ0) is 14.9. The quantitative estimate of drug-likeness (QED) is 0.886. The Bertz CT molecular complexity index is 591. The van der Waals surface area contributed by atoms with Gasteiger partial charge in [-0.05, 0) is 58.8 Å². The third-order valence-corrected chi connectivity index (χ3v) is 6.71. The van der Waals surface area contributed by atoms with Gasteiger partial charge in [0.05, 0.1) is 4.90 Å². The van der Waals surface area contributed by atoms with E-state index in [1.165, 1.54) is 12.1 Å². The molecular formula is C14H19BrFNO2S. The van der Waals surface area contributed by atoms with Crippen LogP contribution < -0.4 is 4.72 Å². The molecule has 1 fully saturated rings. The van der Waals surface area contributed by atoms with Gasteiger partial charge in [-0.15, -0.1) is 0 Å². The summed E-state index contributed by atoms with van der Waals surface area (Å²) in [5, 5.41) is 0. The zero-order valence-electron chi connectivity index (χ0n) is 11.6. The van der Waals surface area contributed by atoms with Crippen LogP contribution in [-0.4, -0.2) is 14.5 Å². The molecule has 0 aliphatic heterocycles. The minimum atomic E-state index is -3.62. The van der Waals surface area contributed by atoms with Gasteiger partial charge in [-0.3, -0.25) is 0 Å². The number of benzene rings is 1. The third-order valence-electron chi connectivity index (χ3n) is 4.24. The minimum absolute atomic E-state index is 0.0399. The predicted molar refractivity (Wildman–Crippen MR) is 80.4 cm³/mol. The Morgan fingerprint density at radius 1 is 1.40 bits per heavy atom. The molecule has 1 aliphatic rings. The lowest BCUT2D eigenvalue weighted by Crippen LogP contribution is -2.37. The molecule has 0 bridgehead atoms. The summed E-state index contributed by atoms with van der Waals surface area (Å²) in [5.74, 6) is 0.435. The lowest BCUT2D eigenvalue weighted by Gasteiger charge is -2.21. The van der Waals surface area contributed by atoms with Gasteiger partial charge in [0, 0.05) is 10.5 Å². The van der Waals surface area contributed by atoms with Gasteiger partial charge in [0.15, 0.2) is 0 Å². The van der Waals surface area contributed by atoms with E-state index in [0.29, 0.717) is 11.8 Å². The fourth-order valence-electron chi connectivity index (χ4n) is 2.95. The number of nitrogens with one attached hydrogen (secondary N) is 1. The Morgan fingerprint density at radius 2 is 2.10 bits per heavy atom. The van der Waals surface area contributed by atoms with Gasteiger partial charge in [-0.1, -0.05) is 20.3 Å². The van der Waals surface area contributed by atoms with Crippen molar-refractivity contribution in [1.29, 1.82) is 0 Å². The SMILES string of the molecule is CCC1CCC(NS(=O)(=O)c2ccc(F)cc2Br)C1C. The van der Waals surface area contributed by atoms with Crippen molar-refractivity contribution in [3.05, 3.63) is 28.5 Å². The normalized spacial score (nSPS) is 26.9. The van der Waals surface area contributed by atoms with E-state index in [1.807, 2.05) is 0 Å². The molecule has 1 saturated carbocycles. The predicted octanol–water partition coefficient (Wildman–Crippen LogP) is 3.69. The highest BCUT2D eigenvalue weighted by atomic mass is 79.9. The molecule has 1 aromatic carbocycles. The van der Waals surface area contributed by atoms with Crippen molar-refractivity contribution in [1.82, 2.24) is 4.72 Å². The van der Waals surface area contributed by atoms with E-state index in [1.54, 1.807) is 0 Å². The van der Waals surface area contributed by atoms with Crippen LogP contribution in [0, 0.1) is 17.7 Å². The second kappa shape index (κ2) is 6.12. The summed E-state index contributed by atoms with van der Waals surface area (Å²) >= 11 is 3.11. The zero-order valence-corrected chi connectivity index (χ0v) is 14.0. The van der Waals surface area contributed by atoms with Crippen molar-refractivity contribution in [3.63, 3.8) is 0 Å². The second-order valence-corrected chi connectivity index (χ2v) is 7.94. The maximum atomic E-state index is 13.1. The monoisotopic (exact) mass is 363 g/mol. The average molecular weight is 364 g/mol. The van der Waals surface area contributed by atoms with Crippen LogP contribution in [-0.2, 0) is 10.0 Å². The molecule has 3 nitrogen and oxygen atoms in total. The molecular weight excluding hydrogens is 345 g/mol. The van der Waals surface area contributed by atoms with E-state index in [-0.39, 0.29) is 15.4 Å². The molecule has 1 N–H and O–H groups in total. The van der Waals surface area contributed by atoms with Crippen LogP contribution in [0.15, 0.2) is 27.6 Å². The Labute approximate surface area is 128 Å². The standard InChI is InChI=1S/C14H19BrFNO2S/c1-3-10-4-6-13(9(10)2)17-20(18,19)14-7-5-11(16)8-12(14)15/h5,7-10,13,17H,3-4,6H2,1-2H3. The number of sulfonamides is 1. The van der Waals surface area contributed by atoms with Crippen molar-refractivity contribution < 1.29 is 12.8 Å². The van der Waals surface area contributed by atoms with Crippen molar-refractivity contribution in [2.45, 2.75) is 44.0 Å². The van der Waals surface area contributed by atoms with E-state index >= 15 is 0 Å². The third kappa shape index (κ3) is 3.23. The largest absolute Gasteiger partial charge is 0.241 e. The molecule has 1 aromatic rings. The molecule has 0 amide bonds. The lowest BCUT2D eigenvalue weighted by atomic mass is 9.94. The summed E-state index contributed by atoms with van der Waals surface area (Å²) in [7, 11) is -3.62. The maximum absolute atomic E-state index is 13.1. The summed E-state index contributed by atoms with van der Waals surface area (Å²) in [6.07, 6.45) is 2.98. The molecule has 0 aromatic heterocycles. The second-order valence-electron chi connectivity index (χ2n) is 5.41. The molecule has 0 spiro atoms. The molecule has 1 aliphatic carbocycles. The average Bonchev–Trinajstić information content (AvgIpc) is 2.69. The maximum Gasteiger partial charge on any atom is 0.241 e. The summed E-state index contributed by atoms with van der Waals surface area (Å²) in [6.45, 7) is 4.22. The molecule has 0 heterocycles. The van der Waals surface area contributed by atoms with Crippen LogP contribution in [0.1, 0.15) is 33.1 Å². The molecule has 2 rings (SSSR count). The van der Waals surface area contributed by atoms with Gasteiger partial charge in [-0.25, -0.2) is 17.5 Å². The van der Waals surface area contributed by atoms with E-state index in [0.717, 1.165) is 25.3 Å². The van der Waals surface area contributed by atoms with Crippen LogP contribution in [0.2, 0.25) is 0 Å². The first kappa shape index (κ1) is 15.9. The van der Waals surface area contributed by atoms with Crippen molar-refractivity contribution in [2.24, 2.45) is 11.8 Å². The van der Waals surface area contributed by atoms with E-state index in [4.69, 9.17) is 0 Å². The number of rotatable bonds is 4. The van der Waals surface area contributed by atoms with Crippen LogP contribution in [0.4, 0.5) is 4.39 Å². The highest BCUT2D eigenvalue weighted by Gasteiger charge is 2.34. The van der Waals surface area contributed by atoms with Crippen LogP contribution in [0.5, 0.6) is 0 Å². The number of hydrogen-bond acceptors (Lipinski definition) is 2. The smallest absolute Gasteiger partial charge is 0.208 e. The Morgan fingerprint density at radius 3 is 2.65 bits per heavy atom. The summed E-state index contributed by atoms with van der Waals surface area (Å²) in [6, 6.07) is 3.58. The first-order valence-corrected chi connectivity index (χ1v) is 9.10. The first-order chi connectivity index (χ1) is 9.35. The van der Waals surface area contributed by atoms with Crippen molar-refractivity contribution in [3.8, 4) is 0 Å².